The molecule has 0 saturated heterocycles. The van der Waals surface area contributed by atoms with Crippen LogP contribution >= 0.6 is 11.3 Å². The number of hydrogen-bond donors (Lipinski definition) is 2. The van der Waals surface area contributed by atoms with Gasteiger partial charge in [0.2, 0.25) is 0 Å². The molecule has 0 aromatic carbocycles. The van der Waals surface area contributed by atoms with Crippen LogP contribution in [0.1, 0.15) is 0 Å². The Kier molecular flexibility index (Phi) is 3.50. The first-order valence-electron chi connectivity index (χ1n) is 8.99. The average molecular weight is 395 g/mol. The maximum Gasteiger partial charge on any atom is 0.135 e. The summed E-state index contributed by atoms with van der Waals surface area (Å²) in [5, 5.41) is 10.7. The minimum Gasteiger partial charge on any atom is -0.353 e. The molecule has 0 bridgehead atoms. The largest absolute Gasteiger partial charge is 0.353 e. The molecular weight excluding hydrogens is 382 g/mol. The van der Waals surface area contributed by atoms with Gasteiger partial charge in [0.15, 0.2) is 0 Å². The fourth-order valence-electron chi connectivity index (χ4n) is 3.47. The second kappa shape index (κ2) is 6.32. The van der Waals surface area contributed by atoms with E-state index in [1.54, 1.807) is 23.7 Å². The van der Waals surface area contributed by atoms with Gasteiger partial charge in [0.05, 0.1) is 27.5 Å². The van der Waals surface area contributed by atoms with Crippen molar-refractivity contribution in [2.45, 2.75) is 0 Å². The van der Waals surface area contributed by atoms with E-state index in [2.05, 4.69) is 47.6 Å². The molecule has 0 fully saturated rings. The zero-order valence-electron chi connectivity index (χ0n) is 15.0. The molecule has 6 aromatic rings. The third kappa shape index (κ3) is 2.61. The first-order chi connectivity index (χ1) is 14.4. The molecule has 6 aromatic heterocycles. The Bertz CT molecular complexity index is 1450. The van der Waals surface area contributed by atoms with Crippen molar-refractivity contribution >= 4 is 33.3 Å². The highest BCUT2D eigenvalue weighted by molar-refractivity contribution is 7.13. The van der Waals surface area contributed by atoms with E-state index in [0.717, 1.165) is 55.2 Å². The van der Waals surface area contributed by atoms with Gasteiger partial charge in [0.1, 0.15) is 17.5 Å². The zero-order valence-corrected chi connectivity index (χ0v) is 15.8. The van der Waals surface area contributed by atoms with Gasteiger partial charge in [-0.1, -0.05) is 6.07 Å². The van der Waals surface area contributed by atoms with Crippen molar-refractivity contribution in [2.75, 3.05) is 0 Å². The lowest BCUT2D eigenvalue weighted by molar-refractivity contribution is 1.12. The number of thiophene rings is 1. The molecule has 0 amide bonds. The van der Waals surface area contributed by atoms with E-state index in [9.17, 15) is 0 Å². The summed E-state index contributed by atoms with van der Waals surface area (Å²) in [6.45, 7) is 0. The Morgan fingerprint density at radius 3 is 2.72 bits per heavy atom. The fourth-order valence-corrected chi connectivity index (χ4v) is 4.21. The number of aromatic nitrogens is 7. The molecule has 29 heavy (non-hydrogen) atoms. The Labute approximate surface area is 168 Å². The van der Waals surface area contributed by atoms with Crippen molar-refractivity contribution in [2.24, 2.45) is 0 Å². The van der Waals surface area contributed by atoms with Crippen LogP contribution in [-0.4, -0.2) is 35.1 Å². The number of fused-ring (bicyclic) bond motifs is 2. The van der Waals surface area contributed by atoms with E-state index in [-0.39, 0.29) is 0 Å². The number of rotatable bonds is 3. The lowest BCUT2D eigenvalue weighted by Crippen LogP contribution is -1.87. The van der Waals surface area contributed by atoms with Crippen molar-refractivity contribution in [3.05, 3.63) is 66.7 Å². The maximum absolute atomic E-state index is 4.82. The maximum atomic E-state index is 4.82. The molecule has 0 aliphatic rings. The highest BCUT2D eigenvalue weighted by atomic mass is 32.1. The zero-order chi connectivity index (χ0) is 19.2. The van der Waals surface area contributed by atoms with Gasteiger partial charge in [0, 0.05) is 35.1 Å². The molecule has 0 radical (unpaired) electrons. The summed E-state index contributed by atoms with van der Waals surface area (Å²) in [6, 6.07) is 12.1. The van der Waals surface area contributed by atoms with E-state index in [4.69, 9.17) is 4.98 Å². The number of aromatic amines is 2. The smallest absolute Gasteiger partial charge is 0.135 e. The molecule has 0 aliphatic heterocycles. The Hall–Kier alpha value is -3.91. The topological polar surface area (TPSA) is 96.0 Å². The summed E-state index contributed by atoms with van der Waals surface area (Å²) in [4.78, 5) is 22.2. The molecule has 8 heteroatoms. The van der Waals surface area contributed by atoms with Crippen LogP contribution in [0.25, 0.3) is 55.2 Å². The molecule has 0 atom stereocenters. The molecule has 6 heterocycles. The van der Waals surface area contributed by atoms with Crippen LogP contribution in [0.4, 0.5) is 0 Å². The number of hydrogen-bond acceptors (Lipinski definition) is 6. The van der Waals surface area contributed by atoms with Crippen molar-refractivity contribution in [1.82, 2.24) is 35.1 Å². The standard InChI is InChI=1S/C21H13N7S/c1-2-18(29-7-1)19-13-8-17(25-15(13)5-6-24-19)21-20-16(27-28-21)4-3-14(26-20)12-9-22-11-23-10-12/h1-11,25H,(H,27,28). The Morgan fingerprint density at radius 1 is 0.931 bits per heavy atom. The van der Waals surface area contributed by atoms with Crippen LogP contribution in [-0.2, 0) is 0 Å². The molecule has 2 N–H and O–H groups in total. The molecule has 0 spiro atoms. The molecule has 0 aliphatic carbocycles. The third-order valence-corrected chi connectivity index (χ3v) is 5.70. The monoisotopic (exact) mass is 395 g/mol. The lowest BCUT2D eigenvalue weighted by atomic mass is 10.1. The summed E-state index contributed by atoms with van der Waals surface area (Å²) in [5.74, 6) is 0. The second-order valence-corrected chi connectivity index (χ2v) is 7.52. The van der Waals surface area contributed by atoms with Gasteiger partial charge in [-0.05, 0) is 35.7 Å². The summed E-state index contributed by atoms with van der Waals surface area (Å²) in [7, 11) is 0. The predicted octanol–water partition coefficient (Wildman–Crippen LogP) is 4.69. The van der Waals surface area contributed by atoms with Gasteiger partial charge < -0.3 is 4.98 Å². The van der Waals surface area contributed by atoms with E-state index in [1.165, 1.54) is 6.33 Å². The summed E-state index contributed by atoms with van der Waals surface area (Å²) >= 11 is 1.68. The van der Waals surface area contributed by atoms with Crippen LogP contribution < -0.4 is 0 Å². The molecule has 0 saturated carbocycles. The second-order valence-electron chi connectivity index (χ2n) is 6.57. The minimum atomic E-state index is 0.770. The highest BCUT2D eigenvalue weighted by Crippen LogP contribution is 2.34. The quantitative estimate of drug-likeness (QED) is 0.453. The third-order valence-electron chi connectivity index (χ3n) is 4.82. The summed E-state index contributed by atoms with van der Waals surface area (Å²) in [5.41, 5.74) is 6.98. The van der Waals surface area contributed by atoms with Crippen LogP contribution in [0.3, 0.4) is 0 Å². The van der Waals surface area contributed by atoms with Crippen LogP contribution in [0, 0.1) is 0 Å². The molecule has 138 valence electrons. The SMILES string of the molecule is c1csc(-c2nccc3[nH]c(-c4n[nH]c5ccc(-c6cncnc6)nc45)cc23)c1. The van der Waals surface area contributed by atoms with E-state index in [0.29, 0.717) is 0 Å². The fraction of sp³-hybridized carbons (Fsp3) is 0. The molecular formula is C21H13N7S. The average Bonchev–Trinajstić information content (AvgIpc) is 3.52. The minimum absolute atomic E-state index is 0.770. The highest BCUT2D eigenvalue weighted by Gasteiger charge is 2.16. The van der Waals surface area contributed by atoms with Crippen LogP contribution in [0.15, 0.2) is 66.7 Å². The normalized spacial score (nSPS) is 11.4. The number of nitrogens with one attached hydrogen (secondary N) is 2. The summed E-state index contributed by atoms with van der Waals surface area (Å²) < 4.78 is 0. The lowest BCUT2D eigenvalue weighted by Gasteiger charge is -2.00. The summed E-state index contributed by atoms with van der Waals surface area (Å²) in [6.07, 6.45) is 6.84. The molecule has 0 unspecified atom stereocenters. The number of H-pyrrole nitrogens is 2. The van der Waals surface area contributed by atoms with Gasteiger partial charge in [0.25, 0.3) is 0 Å². The van der Waals surface area contributed by atoms with Gasteiger partial charge >= 0.3 is 0 Å². The van der Waals surface area contributed by atoms with Gasteiger partial charge in [-0.15, -0.1) is 11.3 Å². The van der Waals surface area contributed by atoms with Gasteiger partial charge in [-0.3, -0.25) is 10.1 Å². The van der Waals surface area contributed by atoms with Crippen molar-refractivity contribution in [3.63, 3.8) is 0 Å². The van der Waals surface area contributed by atoms with Gasteiger partial charge in [-0.25, -0.2) is 15.0 Å². The number of nitrogens with zero attached hydrogens (tertiary/aromatic N) is 5. The molecule has 6 rings (SSSR count). The first kappa shape index (κ1) is 16.1. The van der Waals surface area contributed by atoms with Crippen LogP contribution in [0.5, 0.6) is 0 Å². The van der Waals surface area contributed by atoms with Crippen LogP contribution in [0.2, 0.25) is 0 Å². The van der Waals surface area contributed by atoms with Crippen molar-refractivity contribution < 1.29 is 0 Å². The van der Waals surface area contributed by atoms with E-state index in [1.807, 2.05) is 30.5 Å². The van der Waals surface area contributed by atoms with Gasteiger partial charge in [-0.2, -0.15) is 5.10 Å². The number of pyridine rings is 2. The Balaban J connectivity index is 1.53. The first-order valence-corrected chi connectivity index (χ1v) is 9.87. The predicted molar refractivity (Wildman–Crippen MR) is 113 cm³/mol. The van der Waals surface area contributed by atoms with Crippen molar-refractivity contribution in [3.8, 4) is 33.2 Å². The van der Waals surface area contributed by atoms with E-state index >= 15 is 0 Å². The molecule has 7 nitrogen and oxygen atoms in total. The van der Waals surface area contributed by atoms with E-state index < -0.39 is 0 Å². The Morgan fingerprint density at radius 2 is 1.86 bits per heavy atom. The van der Waals surface area contributed by atoms with Crippen molar-refractivity contribution in [1.29, 1.82) is 0 Å².